The maximum atomic E-state index is 11.3. The highest BCUT2D eigenvalue weighted by Gasteiger charge is 2.12. The first-order chi connectivity index (χ1) is 10.2. The summed E-state index contributed by atoms with van der Waals surface area (Å²) in [7, 11) is 1.30. The summed E-state index contributed by atoms with van der Waals surface area (Å²) in [6.07, 6.45) is 4.24. The summed E-state index contributed by atoms with van der Waals surface area (Å²) >= 11 is 0. The van der Waals surface area contributed by atoms with Crippen LogP contribution in [0.1, 0.15) is 42.6 Å². The predicted molar refractivity (Wildman–Crippen MR) is 77.2 cm³/mol. The van der Waals surface area contributed by atoms with Crippen LogP contribution >= 0.6 is 0 Å². The summed E-state index contributed by atoms with van der Waals surface area (Å²) < 4.78 is 6.07. The molecule has 21 heavy (non-hydrogen) atoms. The van der Waals surface area contributed by atoms with E-state index in [1.165, 1.54) is 18.1 Å². The van der Waals surface area contributed by atoms with Crippen molar-refractivity contribution in [3.8, 4) is 5.69 Å². The van der Waals surface area contributed by atoms with Crippen LogP contribution in [0.5, 0.6) is 0 Å². The molecule has 7 nitrogen and oxygen atoms in total. The molecule has 0 saturated carbocycles. The molecule has 1 N–H and O–H groups in total. The van der Waals surface area contributed by atoms with Gasteiger partial charge in [-0.15, -0.1) is 5.10 Å². The molecule has 1 unspecified atom stereocenters. The summed E-state index contributed by atoms with van der Waals surface area (Å²) in [6.45, 7) is 5.15. The van der Waals surface area contributed by atoms with Crippen molar-refractivity contribution in [3.05, 3.63) is 36.2 Å². The standard InChI is InChI=1S/C14H19N5O2/c1-4-7-15-10(2)12-6-5-11(8-16-12)19-9-17-13(18-19)14(20)21-3/h5-6,8-10,15H,4,7H2,1-3H3. The Kier molecular flexibility index (Phi) is 4.99. The lowest BCUT2D eigenvalue weighted by molar-refractivity contribution is 0.0587. The van der Waals surface area contributed by atoms with Gasteiger partial charge in [-0.1, -0.05) is 6.92 Å². The molecule has 0 aliphatic carbocycles. The number of pyridine rings is 1. The lowest BCUT2D eigenvalue weighted by Gasteiger charge is -2.12. The van der Waals surface area contributed by atoms with Crippen molar-refractivity contribution in [2.75, 3.05) is 13.7 Å². The van der Waals surface area contributed by atoms with Crippen LogP contribution in [-0.2, 0) is 4.74 Å². The van der Waals surface area contributed by atoms with Gasteiger partial charge in [0.1, 0.15) is 6.33 Å². The van der Waals surface area contributed by atoms with E-state index in [9.17, 15) is 4.79 Å². The summed E-state index contributed by atoms with van der Waals surface area (Å²) in [4.78, 5) is 19.6. The largest absolute Gasteiger partial charge is 0.463 e. The molecule has 0 amide bonds. The van der Waals surface area contributed by atoms with Crippen molar-refractivity contribution < 1.29 is 9.53 Å². The number of ether oxygens (including phenoxy) is 1. The van der Waals surface area contributed by atoms with Gasteiger partial charge in [0, 0.05) is 6.04 Å². The van der Waals surface area contributed by atoms with E-state index in [4.69, 9.17) is 0 Å². The lowest BCUT2D eigenvalue weighted by Crippen LogP contribution is -2.20. The first-order valence-corrected chi connectivity index (χ1v) is 6.85. The Balaban J connectivity index is 2.11. The van der Waals surface area contributed by atoms with E-state index in [2.05, 4.69) is 39.0 Å². The summed E-state index contributed by atoms with van der Waals surface area (Å²) in [5.74, 6) is -0.532. The molecule has 0 aromatic carbocycles. The van der Waals surface area contributed by atoms with Crippen molar-refractivity contribution in [1.82, 2.24) is 25.1 Å². The molecule has 0 bridgehead atoms. The average Bonchev–Trinajstić information content (AvgIpc) is 3.02. The minimum atomic E-state index is -0.560. The number of esters is 1. The van der Waals surface area contributed by atoms with E-state index < -0.39 is 5.97 Å². The normalized spacial score (nSPS) is 12.1. The topological polar surface area (TPSA) is 81.9 Å². The maximum Gasteiger partial charge on any atom is 0.377 e. The van der Waals surface area contributed by atoms with Crippen LogP contribution in [0.3, 0.4) is 0 Å². The molecule has 112 valence electrons. The highest BCUT2D eigenvalue weighted by molar-refractivity contribution is 5.84. The Hall–Kier alpha value is -2.28. The molecule has 0 saturated heterocycles. The predicted octanol–water partition coefficient (Wildman–Crippen LogP) is 1.51. The van der Waals surface area contributed by atoms with Gasteiger partial charge in [-0.05, 0) is 32.0 Å². The number of carbonyl (C=O) groups excluding carboxylic acids is 1. The van der Waals surface area contributed by atoms with Crippen LogP contribution in [0.15, 0.2) is 24.7 Å². The van der Waals surface area contributed by atoms with Gasteiger partial charge in [-0.3, -0.25) is 4.98 Å². The first kappa shape index (κ1) is 15.1. The SMILES string of the molecule is CCCNC(C)c1ccc(-n2cnc(C(=O)OC)n2)cn1. The van der Waals surface area contributed by atoms with E-state index >= 15 is 0 Å². The van der Waals surface area contributed by atoms with E-state index in [1.807, 2.05) is 12.1 Å². The molecule has 2 aromatic heterocycles. The second-order valence-electron chi connectivity index (χ2n) is 4.62. The lowest BCUT2D eigenvalue weighted by atomic mass is 10.2. The molecule has 2 heterocycles. The fraction of sp³-hybridized carbons (Fsp3) is 0.429. The summed E-state index contributed by atoms with van der Waals surface area (Å²) in [5.41, 5.74) is 1.70. The van der Waals surface area contributed by atoms with Gasteiger partial charge in [0.2, 0.25) is 0 Å². The van der Waals surface area contributed by atoms with Gasteiger partial charge in [-0.2, -0.15) is 0 Å². The highest BCUT2D eigenvalue weighted by Crippen LogP contribution is 2.12. The van der Waals surface area contributed by atoms with Crippen molar-refractivity contribution in [2.45, 2.75) is 26.3 Å². The fourth-order valence-corrected chi connectivity index (χ4v) is 1.83. The second-order valence-corrected chi connectivity index (χ2v) is 4.62. The molecule has 7 heteroatoms. The van der Waals surface area contributed by atoms with E-state index in [0.29, 0.717) is 0 Å². The number of aromatic nitrogens is 4. The van der Waals surface area contributed by atoms with E-state index in [-0.39, 0.29) is 11.9 Å². The molecule has 0 fully saturated rings. The average molecular weight is 289 g/mol. The van der Waals surface area contributed by atoms with Gasteiger partial charge in [0.25, 0.3) is 5.82 Å². The number of methoxy groups -OCH3 is 1. The molecule has 0 spiro atoms. The van der Waals surface area contributed by atoms with Crippen LogP contribution in [0.4, 0.5) is 0 Å². The van der Waals surface area contributed by atoms with Crippen LogP contribution in [0.2, 0.25) is 0 Å². The third-order valence-electron chi connectivity index (χ3n) is 3.04. The quantitative estimate of drug-likeness (QED) is 0.812. The van der Waals surface area contributed by atoms with Crippen LogP contribution in [0, 0.1) is 0 Å². The highest BCUT2D eigenvalue weighted by atomic mass is 16.5. The molecule has 0 radical (unpaired) electrons. The summed E-state index contributed by atoms with van der Waals surface area (Å²) in [5, 5.41) is 7.43. The zero-order valence-electron chi connectivity index (χ0n) is 12.4. The van der Waals surface area contributed by atoms with Crippen LogP contribution < -0.4 is 5.32 Å². The third kappa shape index (κ3) is 3.63. The number of rotatable bonds is 6. The minimum absolute atomic E-state index is 0.0274. The van der Waals surface area contributed by atoms with Crippen molar-refractivity contribution in [1.29, 1.82) is 0 Å². The van der Waals surface area contributed by atoms with E-state index in [0.717, 1.165) is 24.3 Å². The van der Waals surface area contributed by atoms with Crippen LogP contribution in [-0.4, -0.2) is 39.4 Å². The number of nitrogens with zero attached hydrogens (tertiary/aromatic N) is 4. The molecule has 1 atom stereocenters. The molecular weight excluding hydrogens is 270 g/mol. The van der Waals surface area contributed by atoms with Gasteiger partial charge in [0.05, 0.1) is 24.7 Å². The Morgan fingerprint density at radius 2 is 2.24 bits per heavy atom. The number of nitrogens with one attached hydrogen (secondary N) is 1. The van der Waals surface area contributed by atoms with Gasteiger partial charge < -0.3 is 10.1 Å². The van der Waals surface area contributed by atoms with E-state index in [1.54, 1.807) is 6.20 Å². The van der Waals surface area contributed by atoms with Gasteiger partial charge >= 0.3 is 5.97 Å². The Morgan fingerprint density at radius 1 is 1.43 bits per heavy atom. The smallest absolute Gasteiger partial charge is 0.377 e. The first-order valence-electron chi connectivity index (χ1n) is 6.85. The Morgan fingerprint density at radius 3 is 2.86 bits per heavy atom. The van der Waals surface area contributed by atoms with Gasteiger partial charge in [0.15, 0.2) is 0 Å². The third-order valence-corrected chi connectivity index (χ3v) is 3.04. The monoisotopic (exact) mass is 289 g/mol. The molecule has 0 aliphatic heterocycles. The summed E-state index contributed by atoms with van der Waals surface area (Å²) in [6, 6.07) is 4.02. The second kappa shape index (κ2) is 6.94. The number of hydrogen-bond acceptors (Lipinski definition) is 6. The maximum absolute atomic E-state index is 11.3. The van der Waals surface area contributed by atoms with Crippen LogP contribution in [0.25, 0.3) is 5.69 Å². The Bertz CT molecular complexity index is 594. The number of hydrogen-bond donors (Lipinski definition) is 1. The molecule has 2 aromatic rings. The minimum Gasteiger partial charge on any atom is -0.463 e. The molecule has 0 aliphatic rings. The zero-order valence-corrected chi connectivity index (χ0v) is 12.4. The zero-order chi connectivity index (χ0) is 15.2. The van der Waals surface area contributed by atoms with Crippen molar-refractivity contribution in [3.63, 3.8) is 0 Å². The number of carbonyl (C=O) groups is 1. The molecule has 2 rings (SSSR count). The van der Waals surface area contributed by atoms with Crippen molar-refractivity contribution >= 4 is 5.97 Å². The van der Waals surface area contributed by atoms with Gasteiger partial charge in [-0.25, -0.2) is 14.5 Å². The fourth-order valence-electron chi connectivity index (χ4n) is 1.83. The Labute approximate surface area is 123 Å². The van der Waals surface area contributed by atoms with Crippen molar-refractivity contribution in [2.24, 2.45) is 0 Å². The molecular formula is C14H19N5O2.